The molecule has 21 heavy (non-hydrogen) atoms. The van der Waals surface area contributed by atoms with Crippen LogP contribution in [0.3, 0.4) is 0 Å². The molecule has 0 spiro atoms. The number of rotatable bonds is 3. The maximum Gasteiger partial charge on any atom is 0.134 e. The number of hydrogen-bond donors (Lipinski definition) is 2. The first-order chi connectivity index (χ1) is 10.2. The van der Waals surface area contributed by atoms with Crippen LogP contribution in [-0.4, -0.2) is 17.1 Å². The van der Waals surface area contributed by atoms with Gasteiger partial charge in [0.1, 0.15) is 5.82 Å². The van der Waals surface area contributed by atoms with Crippen LogP contribution in [0.5, 0.6) is 0 Å². The first-order valence-electron chi connectivity index (χ1n) is 7.68. The van der Waals surface area contributed by atoms with Gasteiger partial charge in [-0.1, -0.05) is 47.8 Å². The number of hydrogen-bond acceptors (Lipinski definition) is 3. The summed E-state index contributed by atoms with van der Waals surface area (Å²) in [7, 11) is 0. The van der Waals surface area contributed by atoms with Crippen molar-refractivity contribution in [1.82, 2.24) is 4.98 Å². The molecule has 0 saturated heterocycles. The van der Waals surface area contributed by atoms with Crippen molar-refractivity contribution in [2.75, 3.05) is 11.9 Å². The van der Waals surface area contributed by atoms with Gasteiger partial charge in [0.25, 0.3) is 0 Å². The summed E-state index contributed by atoms with van der Waals surface area (Å²) >= 11 is 3.62. The molecule has 0 bridgehead atoms. The van der Waals surface area contributed by atoms with Crippen molar-refractivity contribution >= 4 is 32.5 Å². The van der Waals surface area contributed by atoms with Gasteiger partial charge in [-0.3, -0.25) is 0 Å². The second-order valence-electron chi connectivity index (χ2n) is 6.13. The Morgan fingerprint density at radius 3 is 2.95 bits per heavy atom. The molecule has 2 unspecified atom stereocenters. The molecule has 4 heteroatoms. The lowest BCUT2D eigenvalue weighted by Gasteiger charge is -2.43. The first-order valence-corrected chi connectivity index (χ1v) is 8.47. The molecule has 3 rings (SSSR count). The van der Waals surface area contributed by atoms with Gasteiger partial charge in [-0.15, -0.1) is 0 Å². The molecule has 2 atom stereocenters. The van der Waals surface area contributed by atoms with E-state index < -0.39 is 0 Å². The van der Waals surface area contributed by atoms with Gasteiger partial charge < -0.3 is 11.1 Å². The molecule has 0 aliphatic heterocycles. The SMILES string of the molecule is CC1CCCCC1(CN)Nc1nccc2c(Br)cccc12. The summed E-state index contributed by atoms with van der Waals surface area (Å²) in [5, 5.41) is 6.04. The zero-order valence-corrected chi connectivity index (χ0v) is 14.0. The van der Waals surface area contributed by atoms with Gasteiger partial charge in [0.05, 0.1) is 5.54 Å². The summed E-state index contributed by atoms with van der Waals surface area (Å²) in [4.78, 5) is 4.58. The number of pyridine rings is 1. The van der Waals surface area contributed by atoms with Gasteiger partial charge >= 0.3 is 0 Å². The summed E-state index contributed by atoms with van der Waals surface area (Å²) in [5.74, 6) is 1.52. The monoisotopic (exact) mass is 347 g/mol. The summed E-state index contributed by atoms with van der Waals surface area (Å²) < 4.78 is 1.10. The lowest BCUT2D eigenvalue weighted by atomic mass is 9.73. The third-order valence-corrected chi connectivity index (χ3v) is 5.63. The number of aromatic nitrogens is 1. The lowest BCUT2D eigenvalue weighted by molar-refractivity contribution is 0.235. The standard InChI is InChI=1S/C17H22BrN3/c1-12-5-2-3-9-17(12,11-19)21-16-14-6-4-7-15(18)13(14)8-10-20-16/h4,6-8,10,12H,2-3,5,9,11,19H2,1H3,(H,20,21). The highest BCUT2D eigenvalue weighted by atomic mass is 79.9. The average molecular weight is 348 g/mol. The van der Waals surface area contributed by atoms with Crippen molar-refractivity contribution < 1.29 is 0 Å². The Morgan fingerprint density at radius 2 is 2.19 bits per heavy atom. The Bertz CT molecular complexity index is 643. The average Bonchev–Trinajstić information content (AvgIpc) is 2.51. The maximum absolute atomic E-state index is 6.15. The zero-order chi connectivity index (χ0) is 14.9. The number of nitrogens with two attached hydrogens (primary N) is 1. The van der Waals surface area contributed by atoms with Crippen LogP contribution in [0.4, 0.5) is 5.82 Å². The van der Waals surface area contributed by atoms with Crippen molar-refractivity contribution in [1.29, 1.82) is 0 Å². The van der Waals surface area contributed by atoms with Gasteiger partial charge in [0.15, 0.2) is 0 Å². The fourth-order valence-electron chi connectivity index (χ4n) is 3.46. The van der Waals surface area contributed by atoms with Gasteiger partial charge in [0.2, 0.25) is 0 Å². The van der Waals surface area contributed by atoms with E-state index in [0.717, 1.165) is 22.1 Å². The molecule has 1 aliphatic rings. The number of nitrogens with one attached hydrogen (secondary N) is 1. The van der Waals surface area contributed by atoms with Crippen molar-refractivity contribution in [3.8, 4) is 0 Å². The van der Waals surface area contributed by atoms with Crippen LogP contribution >= 0.6 is 15.9 Å². The molecule has 1 saturated carbocycles. The van der Waals surface area contributed by atoms with Crippen molar-refractivity contribution in [3.63, 3.8) is 0 Å². The Balaban J connectivity index is 2.02. The highest BCUT2D eigenvalue weighted by Gasteiger charge is 2.37. The highest BCUT2D eigenvalue weighted by Crippen LogP contribution is 2.37. The zero-order valence-electron chi connectivity index (χ0n) is 12.4. The molecule has 112 valence electrons. The molecule has 0 radical (unpaired) electrons. The number of benzene rings is 1. The molecule has 1 fully saturated rings. The third kappa shape index (κ3) is 2.67. The van der Waals surface area contributed by atoms with Crippen LogP contribution in [0, 0.1) is 5.92 Å². The molecule has 1 aliphatic carbocycles. The van der Waals surface area contributed by atoms with E-state index in [2.05, 4.69) is 51.4 Å². The van der Waals surface area contributed by atoms with E-state index in [0.29, 0.717) is 12.5 Å². The van der Waals surface area contributed by atoms with Crippen LogP contribution in [0.1, 0.15) is 32.6 Å². The summed E-state index contributed by atoms with van der Waals surface area (Å²) in [6.07, 6.45) is 6.77. The number of nitrogens with zero attached hydrogens (tertiary/aromatic N) is 1. The topological polar surface area (TPSA) is 50.9 Å². The van der Waals surface area contributed by atoms with Crippen LogP contribution in [-0.2, 0) is 0 Å². The minimum Gasteiger partial charge on any atom is -0.363 e. The Hall–Kier alpha value is -1.13. The minimum atomic E-state index is -0.0259. The summed E-state index contributed by atoms with van der Waals surface area (Å²) in [6.45, 7) is 2.96. The van der Waals surface area contributed by atoms with Gasteiger partial charge in [-0.05, 0) is 30.9 Å². The highest BCUT2D eigenvalue weighted by molar-refractivity contribution is 9.10. The third-order valence-electron chi connectivity index (χ3n) is 4.94. The number of anilines is 1. The first kappa shape index (κ1) is 14.8. The summed E-state index contributed by atoms with van der Waals surface area (Å²) in [5.41, 5.74) is 6.12. The lowest BCUT2D eigenvalue weighted by Crippen LogP contribution is -2.52. The normalized spacial score (nSPS) is 26.0. The smallest absolute Gasteiger partial charge is 0.134 e. The quantitative estimate of drug-likeness (QED) is 0.869. The van der Waals surface area contributed by atoms with E-state index in [1.54, 1.807) is 0 Å². The van der Waals surface area contributed by atoms with Crippen LogP contribution < -0.4 is 11.1 Å². The predicted octanol–water partition coefficient (Wildman–Crippen LogP) is 4.32. The molecule has 3 nitrogen and oxygen atoms in total. The molecular formula is C17H22BrN3. The largest absolute Gasteiger partial charge is 0.363 e. The second-order valence-corrected chi connectivity index (χ2v) is 6.98. The van der Waals surface area contributed by atoms with E-state index >= 15 is 0 Å². The predicted molar refractivity (Wildman–Crippen MR) is 92.5 cm³/mol. The van der Waals surface area contributed by atoms with E-state index in [1.165, 1.54) is 24.6 Å². The van der Waals surface area contributed by atoms with Crippen molar-refractivity contribution in [2.24, 2.45) is 11.7 Å². The van der Waals surface area contributed by atoms with Gasteiger partial charge in [0, 0.05) is 28.0 Å². The summed E-state index contributed by atoms with van der Waals surface area (Å²) in [6, 6.07) is 8.28. The van der Waals surface area contributed by atoms with Crippen LogP contribution in [0.25, 0.3) is 10.8 Å². The molecule has 1 aromatic carbocycles. The Labute approximate surface area is 134 Å². The number of fused-ring (bicyclic) bond motifs is 1. The fourth-order valence-corrected chi connectivity index (χ4v) is 3.96. The van der Waals surface area contributed by atoms with E-state index in [9.17, 15) is 0 Å². The molecule has 1 aromatic heterocycles. The van der Waals surface area contributed by atoms with E-state index in [4.69, 9.17) is 5.73 Å². The molecule has 3 N–H and O–H groups in total. The van der Waals surface area contributed by atoms with Crippen molar-refractivity contribution in [2.45, 2.75) is 38.1 Å². The van der Waals surface area contributed by atoms with Gasteiger partial charge in [-0.2, -0.15) is 0 Å². The molecule has 2 aromatic rings. The second kappa shape index (κ2) is 5.93. The van der Waals surface area contributed by atoms with Gasteiger partial charge in [-0.25, -0.2) is 4.98 Å². The molecule has 0 amide bonds. The van der Waals surface area contributed by atoms with Crippen LogP contribution in [0.2, 0.25) is 0 Å². The van der Waals surface area contributed by atoms with Crippen LogP contribution in [0.15, 0.2) is 34.9 Å². The Kier molecular flexibility index (Phi) is 4.18. The molecular weight excluding hydrogens is 326 g/mol. The van der Waals surface area contributed by atoms with E-state index in [1.807, 2.05) is 12.3 Å². The molecule has 1 heterocycles. The maximum atomic E-state index is 6.15. The van der Waals surface area contributed by atoms with E-state index in [-0.39, 0.29) is 5.54 Å². The number of halogens is 1. The minimum absolute atomic E-state index is 0.0259. The Morgan fingerprint density at radius 1 is 1.33 bits per heavy atom. The fraction of sp³-hybridized carbons (Fsp3) is 0.471. The van der Waals surface area contributed by atoms with Crippen molar-refractivity contribution in [3.05, 3.63) is 34.9 Å².